The maximum Gasteiger partial charge on any atom is 0.490 e. The van der Waals surface area contributed by atoms with Gasteiger partial charge in [0, 0.05) is 42.7 Å². The molecule has 0 aliphatic heterocycles. The Balaban J connectivity index is 0.00000107. The first kappa shape index (κ1) is 40.3. The van der Waals surface area contributed by atoms with Crippen molar-refractivity contribution in [1.82, 2.24) is 14.8 Å². The van der Waals surface area contributed by atoms with E-state index in [1.165, 1.54) is 4.90 Å². The third kappa shape index (κ3) is 12.3. The number of aromatic nitrogens is 1. The monoisotopic (exact) mass is 698 g/mol. The van der Waals surface area contributed by atoms with Crippen molar-refractivity contribution in [2.75, 3.05) is 19.7 Å². The Hall–Kier alpha value is -4.83. The number of alkyl halides is 3. The van der Waals surface area contributed by atoms with Crippen molar-refractivity contribution in [3.63, 3.8) is 0 Å². The van der Waals surface area contributed by atoms with Gasteiger partial charge < -0.3 is 35.8 Å². The summed E-state index contributed by atoms with van der Waals surface area (Å²) in [4.78, 5) is 46.7. The summed E-state index contributed by atoms with van der Waals surface area (Å²) in [5.74, 6) is -6.17. The van der Waals surface area contributed by atoms with Gasteiger partial charge in [-0.1, -0.05) is 51.1 Å². The molecule has 1 heterocycles. The van der Waals surface area contributed by atoms with Crippen LogP contribution in [-0.2, 0) is 25.7 Å². The molecule has 16 heteroatoms. The lowest BCUT2D eigenvalue weighted by Crippen LogP contribution is -2.47. The number of hydrogen-bond acceptors (Lipinski definition) is 6. The van der Waals surface area contributed by atoms with Crippen LogP contribution in [-0.4, -0.2) is 80.5 Å². The van der Waals surface area contributed by atoms with Gasteiger partial charge in [0.15, 0.2) is 0 Å². The summed E-state index contributed by atoms with van der Waals surface area (Å²) in [6.45, 7) is 5.22. The fraction of sp³-hybridized carbons (Fsp3) is 0.394. The minimum atomic E-state index is -5.08. The van der Waals surface area contributed by atoms with Gasteiger partial charge in [-0.25, -0.2) is 13.6 Å². The topological polar surface area (TPSA) is 175 Å². The molecule has 2 atom stereocenters. The van der Waals surface area contributed by atoms with Crippen LogP contribution >= 0.6 is 0 Å². The average molecular weight is 699 g/mol. The van der Waals surface area contributed by atoms with Gasteiger partial charge in [-0.2, -0.15) is 13.2 Å². The lowest BCUT2D eigenvalue weighted by atomic mass is 9.82. The molecule has 0 bridgehead atoms. The number of carbonyl (C=O) groups excluding carboxylic acids is 2. The molecule has 0 unspecified atom stereocenters. The van der Waals surface area contributed by atoms with E-state index in [1.54, 1.807) is 12.3 Å². The number of nitrogens with two attached hydrogens (primary N) is 1. The number of carbonyl (C=O) groups is 4. The van der Waals surface area contributed by atoms with Crippen LogP contribution < -0.4 is 11.1 Å². The Labute approximate surface area is 279 Å². The van der Waals surface area contributed by atoms with E-state index in [0.29, 0.717) is 17.8 Å². The molecule has 0 spiro atoms. The molecule has 0 fully saturated rings. The number of benzene rings is 2. The lowest BCUT2D eigenvalue weighted by Gasteiger charge is -2.41. The number of carboxylic acid groups (broad SMARTS) is 2. The van der Waals surface area contributed by atoms with Crippen molar-refractivity contribution < 1.29 is 56.4 Å². The first-order valence-electron chi connectivity index (χ1n) is 14.9. The molecule has 11 nitrogen and oxygen atoms in total. The molecule has 49 heavy (non-hydrogen) atoms. The molecule has 2 aromatic carbocycles. The molecule has 3 rings (SSSR count). The van der Waals surface area contributed by atoms with E-state index >= 15 is 0 Å². The van der Waals surface area contributed by atoms with Gasteiger partial charge in [-0.15, -0.1) is 0 Å². The number of amides is 2. The minimum Gasteiger partial charge on any atom is -0.481 e. The fourth-order valence-corrected chi connectivity index (χ4v) is 4.93. The van der Waals surface area contributed by atoms with Gasteiger partial charge >= 0.3 is 18.1 Å². The third-order valence-corrected chi connectivity index (χ3v) is 7.13. The molecule has 0 aliphatic carbocycles. The number of carboxylic acids is 2. The van der Waals surface area contributed by atoms with Crippen LogP contribution in [0.25, 0.3) is 11.1 Å². The van der Waals surface area contributed by atoms with Crippen LogP contribution in [0.4, 0.5) is 22.0 Å². The van der Waals surface area contributed by atoms with Gasteiger partial charge in [0.1, 0.15) is 18.2 Å². The molecular formula is C33H39F5N4O7. The predicted molar refractivity (Wildman–Crippen MR) is 168 cm³/mol. The van der Waals surface area contributed by atoms with Crippen molar-refractivity contribution in [1.29, 1.82) is 0 Å². The highest BCUT2D eigenvalue weighted by Gasteiger charge is 2.39. The van der Waals surface area contributed by atoms with E-state index in [9.17, 15) is 41.4 Å². The number of halogens is 5. The van der Waals surface area contributed by atoms with Gasteiger partial charge in [0.05, 0.1) is 18.5 Å². The highest BCUT2D eigenvalue weighted by atomic mass is 19.4. The molecule has 0 saturated carbocycles. The van der Waals surface area contributed by atoms with E-state index in [4.69, 9.17) is 20.7 Å². The summed E-state index contributed by atoms with van der Waals surface area (Å²) >= 11 is 0. The minimum absolute atomic E-state index is 0.00494. The van der Waals surface area contributed by atoms with Crippen molar-refractivity contribution in [3.8, 4) is 11.1 Å². The highest BCUT2D eigenvalue weighted by molar-refractivity contribution is 5.82. The Morgan fingerprint density at radius 3 is 2.12 bits per heavy atom. The Morgan fingerprint density at radius 2 is 1.59 bits per heavy atom. The van der Waals surface area contributed by atoms with E-state index in [-0.39, 0.29) is 31.5 Å². The molecule has 1 aromatic heterocycles. The summed E-state index contributed by atoms with van der Waals surface area (Å²) in [5, 5.41) is 28.3. The normalized spacial score (nSPS) is 12.7. The van der Waals surface area contributed by atoms with Crippen molar-refractivity contribution >= 4 is 23.8 Å². The third-order valence-electron chi connectivity index (χ3n) is 7.13. The molecule has 6 N–H and O–H groups in total. The summed E-state index contributed by atoms with van der Waals surface area (Å²) in [5.41, 5.74) is 7.49. The predicted octanol–water partition coefficient (Wildman–Crippen LogP) is 4.33. The average Bonchev–Trinajstić information content (AvgIpc) is 3.41. The Bertz CT molecular complexity index is 1590. The molecule has 0 saturated heterocycles. The summed E-state index contributed by atoms with van der Waals surface area (Å²) in [6.07, 6.45) is -3.60. The number of rotatable bonds is 13. The van der Waals surface area contributed by atoms with Crippen LogP contribution in [0.2, 0.25) is 0 Å². The number of aliphatic hydroxyl groups excluding tert-OH is 1. The number of nitrogens with zero attached hydrogens (tertiary/aromatic N) is 2. The molecule has 2 amide bonds. The Kier molecular flexibility index (Phi) is 14.4. The zero-order valence-electron chi connectivity index (χ0n) is 27.0. The quantitative estimate of drug-likeness (QED) is 0.164. The van der Waals surface area contributed by atoms with Crippen LogP contribution in [0, 0.1) is 17.0 Å². The highest BCUT2D eigenvalue weighted by Crippen LogP contribution is 2.41. The Morgan fingerprint density at radius 1 is 0.980 bits per heavy atom. The number of aliphatic hydroxyl groups is 1. The van der Waals surface area contributed by atoms with Crippen LogP contribution in [0.1, 0.15) is 50.9 Å². The largest absolute Gasteiger partial charge is 0.490 e. The van der Waals surface area contributed by atoms with Crippen LogP contribution in [0.15, 0.2) is 60.8 Å². The van der Waals surface area contributed by atoms with Gasteiger partial charge in [0.2, 0.25) is 11.8 Å². The molecule has 0 radical (unpaired) electrons. The van der Waals surface area contributed by atoms with Crippen molar-refractivity contribution in [2.45, 2.75) is 58.4 Å². The molecule has 3 aromatic rings. The summed E-state index contributed by atoms with van der Waals surface area (Å²) in [7, 11) is 0. The second kappa shape index (κ2) is 17.5. The van der Waals surface area contributed by atoms with Crippen LogP contribution in [0.5, 0.6) is 0 Å². The van der Waals surface area contributed by atoms with Gasteiger partial charge in [-0.05, 0) is 41.7 Å². The van der Waals surface area contributed by atoms with E-state index < -0.39 is 65.7 Å². The fourth-order valence-electron chi connectivity index (χ4n) is 4.93. The first-order chi connectivity index (χ1) is 22.8. The zero-order valence-corrected chi connectivity index (χ0v) is 27.0. The summed E-state index contributed by atoms with van der Waals surface area (Å²) < 4.78 is 62.6. The second-order valence-corrected chi connectivity index (χ2v) is 12.0. The van der Waals surface area contributed by atoms with E-state index in [2.05, 4.69) is 5.32 Å². The second-order valence-electron chi connectivity index (χ2n) is 12.0. The van der Waals surface area contributed by atoms with Crippen LogP contribution in [0.3, 0.4) is 0 Å². The number of hydrogen-bond donors (Lipinski definition) is 5. The number of aliphatic carboxylic acids is 2. The molecular weight excluding hydrogens is 659 g/mol. The first-order valence-corrected chi connectivity index (χ1v) is 14.9. The molecule has 268 valence electrons. The van der Waals surface area contributed by atoms with Crippen molar-refractivity contribution in [2.24, 2.45) is 11.1 Å². The van der Waals surface area contributed by atoms with Crippen molar-refractivity contribution in [3.05, 3.63) is 83.7 Å². The standard InChI is InChI=1S/C31H38F2N4O5.C2HF3O2/c1-31(2,3)29(37(27(39)19-38)14-12-25(34)30(42)35-13-11-28(40)41)26-15-21(23-16-22(32)9-10-24(23)33)18-36(26)17-20-7-5-4-6-8-20;3-2(4,5)1(6)7/h4-10,15-16,18,25,29,38H,11-14,17,19,34H2,1-3H3,(H,35,42)(H,40,41);(H,6,7)/t25-,29-;/m0./s1. The SMILES string of the molecule is CC(C)(C)[C@H](c1cc(-c2cc(F)ccc2F)cn1Cc1ccccc1)N(CC[C@H](N)C(=O)NCCC(=O)O)C(=O)CO.O=C(O)C(F)(F)F. The number of nitrogens with one attached hydrogen (secondary N) is 1. The maximum atomic E-state index is 14.9. The van der Waals surface area contributed by atoms with Gasteiger partial charge in [-0.3, -0.25) is 14.4 Å². The lowest BCUT2D eigenvalue weighted by molar-refractivity contribution is -0.192. The molecule has 0 aliphatic rings. The summed E-state index contributed by atoms with van der Waals surface area (Å²) in [6, 6.07) is 12.7. The smallest absolute Gasteiger partial charge is 0.481 e. The van der Waals surface area contributed by atoms with E-state index in [0.717, 1.165) is 23.8 Å². The van der Waals surface area contributed by atoms with Gasteiger partial charge in [0.25, 0.3) is 0 Å². The maximum absolute atomic E-state index is 14.9. The van der Waals surface area contributed by atoms with E-state index in [1.807, 2.05) is 55.7 Å². The zero-order chi connectivity index (χ0) is 37.1.